The Morgan fingerprint density at radius 1 is 1.00 bits per heavy atom. The van der Waals surface area contributed by atoms with Crippen molar-refractivity contribution in [2.75, 3.05) is 4.72 Å². The quantitative estimate of drug-likeness (QED) is 0.463. The van der Waals surface area contributed by atoms with Gasteiger partial charge in [-0.3, -0.25) is 4.72 Å². The number of rotatable bonds is 5. The van der Waals surface area contributed by atoms with Crippen LogP contribution in [-0.2, 0) is 16.2 Å². The molecule has 0 atom stereocenters. The molecule has 0 bridgehead atoms. The zero-order valence-electron chi connectivity index (χ0n) is 14.2. The molecular formula is C18H11Cl2F3N2O2S2. The van der Waals surface area contributed by atoms with E-state index >= 15 is 0 Å². The molecule has 1 aromatic heterocycles. The summed E-state index contributed by atoms with van der Waals surface area (Å²) in [6.45, 7) is 0. The van der Waals surface area contributed by atoms with E-state index in [9.17, 15) is 21.6 Å². The summed E-state index contributed by atoms with van der Waals surface area (Å²) in [6, 6.07) is 12.8. The van der Waals surface area contributed by atoms with Gasteiger partial charge in [-0.25, -0.2) is 13.4 Å². The summed E-state index contributed by atoms with van der Waals surface area (Å²) in [6.07, 6.45) is -3.89. The molecule has 0 saturated carbocycles. The number of anilines is 1. The van der Waals surface area contributed by atoms with Crippen molar-refractivity contribution in [3.63, 3.8) is 0 Å². The standard InChI is InChI=1S/C18H11Cl2F3N2O2S2/c19-12-5-7-13(8-6-12)29(26,27)25-15-3-1-2-4-16(15)28-17-14(20)9-11(10-24-17)18(21,22)23/h1-10,25H. The first kappa shape index (κ1) is 21.8. The van der Waals surface area contributed by atoms with Crippen LogP contribution in [0.1, 0.15) is 5.56 Å². The monoisotopic (exact) mass is 478 g/mol. The summed E-state index contributed by atoms with van der Waals surface area (Å²) in [4.78, 5) is 4.19. The Bertz CT molecular complexity index is 1140. The SMILES string of the molecule is O=S(=O)(Nc1ccccc1Sc1ncc(C(F)(F)F)cc1Cl)c1ccc(Cl)cc1. The van der Waals surface area contributed by atoms with Crippen LogP contribution in [0.5, 0.6) is 0 Å². The normalized spacial score (nSPS) is 12.0. The molecule has 0 amide bonds. The second-order valence-electron chi connectivity index (χ2n) is 5.67. The minimum absolute atomic E-state index is 0.00684. The van der Waals surface area contributed by atoms with Gasteiger partial charge in [0.2, 0.25) is 0 Å². The first-order valence-corrected chi connectivity index (χ1v) is 10.9. The maximum Gasteiger partial charge on any atom is 0.417 e. The zero-order chi connectivity index (χ0) is 21.2. The molecule has 2 aromatic carbocycles. The average Bonchev–Trinajstić information content (AvgIpc) is 2.64. The van der Waals surface area contributed by atoms with Crippen molar-refractivity contribution in [1.29, 1.82) is 0 Å². The predicted molar refractivity (Wildman–Crippen MR) is 107 cm³/mol. The number of nitrogens with one attached hydrogen (secondary N) is 1. The molecule has 0 spiro atoms. The van der Waals surface area contributed by atoms with Crippen molar-refractivity contribution in [3.05, 3.63) is 76.4 Å². The summed E-state index contributed by atoms with van der Waals surface area (Å²) < 4.78 is 66.0. The summed E-state index contributed by atoms with van der Waals surface area (Å²) in [7, 11) is -3.91. The number of aromatic nitrogens is 1. The topological polar surface area (TPSA) is 59.1 Å². The van der Waals surface area contributed by atoms with Crippen LogP contribution in [-0.4, -0.2) is 13.4 Å². The summed E-state index contributed by atoms with van der Waals surface area (Å²) in [5, 5.41) is 0.306. The zero-order valence-corrected chi connectivity index (χ0v) is 17.4. The molecule has 1 N–H and O–H groups in total. The van der Waals surface area contributed by atoms with E-state index in [1.54, 1.807) is 18.2 Å². The number of hydrogen-bond acceptors (Lipinski definition) is 4. The van der Waals surface area contributed by atoms with Crippen LogP contribution in [0.3, 0.4) is 0 Å². The van der Waals surface area contributed by atoms with Crippen molar-refractivity contribution < 1.29 is 21.6 Å². The van der Waals surface area contributed by atoms with Crippen LogP contribution >= 0.6 is 35.0 Å². The van der Waals surface area contributed by atoms with Gasteiger partial charge in [0.15, 0.2) is 0 Å². The molecule has 29 heavy (non-hydrogen) atoms. The van der Waals surface area contributed by atoms with E-state index in [1.807, 2.05) is 0 Å². The van der Waals surface area contributed by atoms with Crippen molar-refractivity contribution in [1.82, 2.24) is 4.98 Å². The van der Waals surface area contributed by atoms with E-state index in [1.165, 1.54) is 30.3 Å². The third-order valence-electron chi connectivity index (χ3n) is 3.60. The average molecular weight is 479 g/mol. The highest BCUT2D eigenvalue weighted by Crippen LogP contribution is 2.39. The van der Waals surface area contributed by atoms with Gasteiger partial charge in [-0.05, 0) is 42.5 Å². The minimum atomic E-state index is -4.56. The van der Waals surface area contributed by atoms with Gasteiger partial charge in [-0.15, -0.1) is 0 Å². The maximum absolute atomic E-state index is 12.8. The highest BCUT2D eigenvalue weighted by molar-refractivity contribution is 7.99. The largest absolute Gasteiger partial charge is 0.417 e. The van der Waals surface area contributed by atoms with Gasteiger partial charge in [0, 0.05) is 16.1 Å². The second kappa shape index (κ2) is 8.43. The molecule has 3 aromatic rings. The fraction of sp³-hybridized carbons (Fsp3) is 0.0556. The Labute approximate surface area is 179 Å². The Balaban J connectivity index is 1.89. The van der Waals surface area contributed by atoms with Crippen LogP contribution in [0.2, 0.25) is 10.0 Å². The minimum Gasteiger partial charge on any atom is -0.278 e. The molecule has 0 unspecified atom stereocenters. The Kier molecular flexibility index (Phi) is 6.33. The van der Waals surface area contributed by atoms with Crippen molar-refractivity contribution in [3.8, 4) is 0 Å². The van der Waals surface area contributed by atoms with Gasteiger partial charge in [0.25, 0.3) is 10.0 Å². The lowest BCUT2D eigenvalue weighted by Gasteiger charge is -2.13. The van der Waals surface area contributed by atoms with Crippen LogP contribution in [0.4, 0.5) is 18.9 Å². The van der Waals surface area contributed by atoms with Crippen molar-refractivity contribution in [2.45, 2.75) is 21.0 Å². The van der Waals surface area contributed by atoms with Gasteiger partial charge >= 0.3 is 6.18 Å². The first-order valence-electron chi connectivity index (χ1n) is 7.84. The van der Waals surface area contributed by atoms with E-state index in [0.717, 1.165) is 17.8 Å². The Morgan fingerprint density at radius 3 is 2.28 bits per heavy atom. The fourth-order valence-corrected chi connectivity index (χ4v) is 4.62. The van der Waals surface area contributed by atoms with Crippen LogP contribution in [0.15, 0.2) is 75.6 Å². The molecule has 11 heteroatoms. The lowest BCUT2D eigenvalue weighted by Crippen LogP contribution is -2.13. The number of nitrogens with zero attached hydrogens (tertiary/aromatic N) is 1. The Hall–Kier alpha value is -1.94. The van der Waals surface area contributed by atoms with Crippen molar-refractivity contribution in [2.24, 2.45) is 0 Å². The van der Waals surface area contributed by atoms with Gasteiger partial charge in [0.05, 0.1) is 21.2 Å². The molecule has 0 aliphatic rings. The van der Waals surface area contributed by atoms with Gasteiger partial charge in [-0.1, -0.05) is 47.1 Å². The molecule has 3 rings (SSSR count). The van der Waals surface area contributed by atoms with Gasteiger partial charge in [-0.2, -0.15) is 13.2 Å². The number of sulfonamides is 1. The fourth-order valence-electron chi connectivity index (χ4n) is 2.22. The second-order valence-corrected chi connectivity index (χ2v) is 9.22. The van der Waals surface area contributed by atoms with E-state index < -0.39 is 21.8 Å². The number of pyridine rings is 1. The van der Waals surface area contributed by atoms with Gasteiger partial charge in [0.1, 0.15) is 5.03 Å². The maximum atomic E-state index is 12.8. The Morgan fingerprint density at radius 2 is 1.66 bits per heavy atom. The molecule has 152 valence electrons. The lowest BCUT2D eigenvalue weighted by atomic mass is 10.3. The predicted octanol–water partition coefficient (Wildman–Crippen LogP) is 6.36. The number of alkyl halides is 3. The third kappa shape index (κ3) is 5.36. The third-order valence-corrected chi connectivity index (χ3v) is 6.72. The van der Waals surface area contributed by atoms with Crippen LogP contribution in [0.25, 0.3) is 0 Å². The lowest BCUT2D eigenvalue weighted by molar-refractivity contribution is -0.137. The summed E-state index contributed by atoms with van der Waals surface area (Å²) in [5.74, 6) is 0. The molecular weight excluding hydrogens is 468 g/mol. The van der Waals surface area contributed by atoms with Crippen molar-refractivity contribution >= 4 is 50.7 Å². The van der Waals surface area contributed by atoms with E-state index in [0.29, 0.717) is 16.1 Å². The number of benzene rings is 2. The highest BCUT2D eigenvalue weighted by atomic mass is 35.5. The number of halogens is 5. The summed E-state index contributed by atoms with van der Waals surface area (Å²) in [5.41, 5.74) is -0.742. The van der Waals surface area contributed by atoms with E-state index in [-0.39, 0.29) is 20.6 Å². The van der Waals surface area contributed by atoms with E-state index in [2.05, 4.69) is 9.71 Å². The molecule has 0 saturated heterocycles. The highest BCUT2D eigenvalue weighted by Gasteiger charge is 2.31. The smallest absolute Gasteiger partial charge is 0.278 e. The molecule has 0 fully saturated rings. The van der Waals surface area contributed by atoms with E-state index in [4.69, 9.17) is 23.2 Å². The molecule has 1 heterocycles. The molecule has 0 aliphatic heterocycles. The van der Waals surface area contributed by atoms with Crippen LogP contribution < -0.4 is 4.72 Å². The first-order chi connectivity index (χ1) is 13.6. The summed E-state index contributed by atoms with van der Waals surface area (Å²) >= 11 is 12.7. The van der Waals surface area contributed by atoms with Crippen LogP contribution in [0, 0.1) is 0 Å². The molecule has 0 radical (unpaired) electrons. The number of hydrogen-bond donors (Lipinski definition) is 1. The molecule has 4 nitrogen and oxygen atoms in total. The number of para-hydroxylation sites is 1. The molecule has 0 aliphatic carbocycles. The van der Waals surface area contributed by atoms with Gasteiger partial charge < -0.3 is 0 Å².